The molecule has 1 N–H and O–H groups in total. The standard InChI is InChI=1S/C25H32ClN3O4S/c1-4-22-16(2)14-29(17(22)3)24(30)15-28-11-5-6-23(25(28)31)27-34(32,33)21-10-8-18-12-20(26)9-7-19(18)13-21/h7-10,12-13,16-17,22-23,27H,4-6,11,14-15H2,1-3H3/t16?,17?,22?,23-/m0/s1. The molecule has 0 aliphatic carbocycles. The van der Waals surface area contributed by atoms with Crippen LogP contribution in [0.5, 0.6) is 0 Å². The van der Waals surface area contributed by atoms with Gasteiger partial charge >= 0.3 is 0 Å². The summed E-state index contributed by atoms with van der Waals surface area (Å²) in [6, 6.07) is 9.28. The molecule has 0 bridgehead atoms. The highest BCUT2D eigenvalue weighted by molar-refractivity contribution is 7.89. The van der Waals surface area contributed by atoms with Crippen molar-refractivity contribution in [2.45, 2.75) is 57.0 Å². The summed E-state index contributed by atoms with van der Waals surface area (Å²) in [5, 5.41) is 2.15. The number of amides is 2. The monoisotopic (exact) mass is 505 g/mol. The van der Waals surface area contributed by atoms with Crippen LogP contribution in [0.3, 0.4) is 0 Å². The Kier molecular flexibility index (Phi) is 7.22. The van der Waals surface area contributed by atoms with Crippen LogP contribution in [0, 0.1) is 11.8 Å². The third-order valence-electron chi connectivity index (χ3n) is 7.36. The second-order valence-corrected chi connectivity index (χ2v) is 11.7. The Morgan fingerprint density at radius 3 is 2.56 bits per heavy atom. The second kappa shape index (κ2) is 9.84. The van der Waals surface area contributed by atoms with E-state index >= 15 is 0 Å². The van der Waals surface area contributed by atoms with E-state index in [1.165, 1.54) is 11.0 Å². The van der Waals surface area contributed by atoms with E-state index in [9.17, 15) is 18.0 Å². The number of hydrogen-bond donors (Lipinski definition) is 1. The van der Waals surface area contributed by atoms with Gasteiger partial charge < -0.3 is 9.80 Å². The van der Waals surface area contributed by atoms with Crippen LogP contribution in [0.2, 0.25) is 5.02 Å². The van der Waals surface area contributed by atoms with Crippen molar-refractivity contribution >= 4 is 44.2 Å². The molecule has 2 aliphatic heterocycles. The predicted octanol–water partition coefficient (Wildman–Crippen LogP) is 3.66. The number of halogens is 1. The van der Waals surface area contributed by atoms with Gasteiger partial charge in [-0.15, -0.1) is 0 Å². The van der Waals surface area contributed by atoms with Crippen LogP contribution in [-0.4, -0.2) is 61.7 Å². The molecular formula is C25H32ClN3O4S. The number of hydrogen-bond acceptors (Lipinski definition) is 4. The first-order chi connectivity index (χ1) is 16.1. The molecule has 4 rings (SSSR count). The maximum Gasteiger partial charge on any atom is 0.242 e. The third kappa shape index (κ3) is 4.95. The van der Waals surface area contributed by atoms with Crippen LogP contribution in [0.4, 0.5) is 0 Å². The molecule has 184 valence electrons. The van der Waals surface area contributed by atoms with E-state index in [2.05, 4.69) is 25.5 Å². The molecule has 9 heteroatoms. The lowest BCUT2D eigenvalue weighted by Crippen LogP contribution is -2.54. The molecule has 2 fully saturated rings. The van der Waals surface area contributed by atoms with Crippen molar-refractivity contribution in [2.75, 3.05) is 19.6 Å². The van der Waals surface area contributed by atoms with E-state index in [0.717, 1.165) is 17.2 Å². The molecule has 2 heterocycles. The van der Waals surface area contributed by atoms with Crippen molar-refractivity contribution in [3.05, 3.63) is 41.4 Å². The summed E-state index contributed by atoms with van der Waals surface area (Å²) in [5.41, 5.74) is 0. The van der Waals surface area contributed by atoms with Crippen molar-refractivity contribution in [2.24, 2.45) is 11.8 Å². The van der Waals surface area contributed by atoms with E-state index in [0.29, 0.717) is 42.8 Å². The van der Waals surface area contributed by atoms with Gasteiger partial charge in [-0.1, -0.05) is 44.0 Å². The lowest BCUT2D eigenvalue weighted by Gasteiger charge is -2.34. The fraction of sp³-hybridized carbons (Fsp3) is 0.520. The lowest BCUT2D eigenvalue weighted by atomic mass is 9.90. The number of piperidine rings is 1. The SMILES string of the molecule is CCC1C(C)CN(C(=O)CN2CCC[C@H](NS(=O)(=O)c3ccc4cc(Cl)ccc4c3)C2=O)C1C. The summed E-state index contributed by atoms with van der Waals surface area (Å²) in [4.78, 5) is 29.6. The Balaban J connectivity index is 1.45. The van der Waals surface area contributed by atoms with Gasteiger partial charge in [0.1, 0.15) is 6.04 Å². The molecule has 0 saturated carbocycles. The van der Waals surface area contributed by atoms with Crippen LogP contribution in [-0.2, 0) is 19.6 Å². The molecule has 7 nitrogen and oxygen atoms in total. The van der Waals surface area contributed by atoms with Gasteiger partial charge in [0.15, 0.2) is 0 Å². The number of carbonyl (C=O) groups is 2. The minimum absolute atomic E-state index is 0.0126. The van der Waals surface area contributed by atoms with Crippen molar-refractivity contribution in [3.8, 4) is 0 Å². The first-order valence-corrected chi connectivity index (χ1v) is 13.8. The van der Waals surface area contributed by atoms with Gasteiger partial charge in [-0.2, -0.15) is 4.72 Å². The van der Waals surface area contributed by atoms with Crippen LogP contribution in [0.1, 0.15) is 40.0 Å². The highest BCUT2D eigenvalue weighted by Gasteiger charge is 2.40. The molecule has 34 heavy (non-hydrogen) atoms. The number of nitrogens with one attached hydrogen (secondary N) is 1. The van der Waals surface area contributed by atoms with Crippen LogP contribution < -0.4 is 4.72 Å². The van der Waals surface area contributed by atoms with Gasteiger partial charge in [-0.05, 0) is 66.6 Å². The average Bonchev–Trinajstić information content (AvgIpc) is 3.09. The van der Waals surface area contributed by atoms with E-state index in [1.807, 2.05) is 4.90 Å². The van der Waals surface area contributed by atoms with Crippen molar-refractivity contribution < 1.29 is 18.0 Å². The summed E-state index contributed by atoms with van der Waals surface area (Å²) in [6.07, 6.45) is 2.05. The van der Waals surface area contributed by atoms with E-state index < -0.39 is 16.1 Å². The Morgan fingerprint density at radius 2 is 1.85 bits per heavy atom. The van der Waals surface area contributed by atoms with Crippen molar-refractivity contribution in [1.82, 2.24) is 14.5 Å². The molecule has 0 aromatic heterocycles. The number of nitrogens with zero attached hydrogens (tertiary/aromatic N) is 2. The Hall–Kier alpha value is -2.16. The molecule has 2 saturated heterocycles. The fourth-order valence-corrected chi connectivity index (χ4v) is 6.91. The van der Waals surface area contributed by atoms with Crippen molar-refractivity contribution in [3.63, 3.8) is 0 Å². The summed E-state index contributed by atoms with van der Waals surface area (Å²) >= 11 is 6.01. The highest BCUT2D eigenvalue weighted by atomic mass is 35.5. The quantitative estimate of drug-likeness (QED) is 0.649. The van der Waals surface area contributed by atoms with E-state index in [-0.39, 0.29) is 29.3 Å². The summed E-state index contributed by atoms with van der Waals surface area (Å²) in [5.74, 6) is 0.472. The number of rotatable bonds is 6. The van der Waals surface area contributed by atoms with Gasteiger partial charge in [-0.25, -0.2) is 8.42 Å². The van der Waals surface area contributed by atoms with Crippen LogP contribution in [0.25, 0.3) is 10.8 Å². The average molecular weight is 506 g/mol. The minimum Gasteiger partial charge on any atom is -0.338 e. The topological polar surface area (TPSA) is 86.8 Å². The zero-order chi connectivity index (χ0) is 24.6. The number of carbonyl (C=O) groups excluding carboxylic acids is 2. The normalized spacial score (nSPS) is 25.8. The lowest BCUT2D eigenvalue weighted by molar-refractivity contribution is -0.143. The first-order valence-electron chi connectivity index (χ1n) is 11.9. The molecule has 0 radical (unpaired) electrons. The highest BCUT2D eigenvalue weighted by Crippen LogP contribution is 2.32. The Bertz CT molecular complexity index is 1200. The van der Waals surface area contributed by atoms with E-state index in [4.69, 9.17) is 11.6 Å². The van der Waals surface area contributed by atoms with E-state index in [1.54, 1.807) is 30.3 Å². The van der Waals surface area contributed by atoms with Gasteiger partial charge in [0.05, 0.1) is 11.4 Å². The zero-order valence-electron chi connectivity index (χ0n) is 19.8. The number of fused-ring (bicyclic) bond motifs is 1. The number of likely N-dealkylation sites (tertiary alicyclic amines) is 2. The molecule has 0 spiro atoms. The third-order valence-corrected chi connectivity index (χ3v) is 9.06. The van der Waals surface area contributed by atoms with Crippen LogP contribution >= 0.6 is 11.6 Å². The summed E-state index contributed by atoms with van der Waals surface area (Å²) in [7, 11) is -3.91. The molecule has 4 atom stereocenters. The summed E-state index contributed by atoms with van der Waals surface area (Å²) < 4.78 is 28.7. The molecule has 2 aromatic rings. The predicted molar refractivity (Wildman–Crippen MR) is 133 cm³/mol. The smallest absolute Gasteiger partial charge is 0.242 e. The molecule has 2 amide bonds. The number of benzene rings is 2. The Labute approximate surface area is 206 Å². The zero-order valence-corrected chi connectivity index (χ0v) is 21.4. The molecular weight excluding hydrogens is 474 g/mol. The maximum absolute atomic E-state index is 13.1. The van der Waals surface area contributed by atoms with Gasteiger partial charge in [0.25, 0.3) is 0 Å². The van der Waals surface area contributed by atoms with Crippen molar-refractivity contribution in [1.29, 1.82) is 0 Å². The second-order valence-electron chi connectivity index (χ2n) is 9.57. The number of sulfonamides is 1. The van der Waals surface area contributed by atoms with Gasteiger partial charge in [0.2, 0.25) is 21.8 Å². The summed E-state index contributed by atoms with van der Waals surface area (Å²) in [6.45, 7) is 7.51. The minimum atomic E-state index is -3.91. The molecule has 3 unspecified atom stereocenters. The Morgan fingerprint density at radius 1 is 1.15 bits per heavy atom. The first kappa shape index (κ1) is 24.9. The maximum atomic E-state index is 13.1. The fourth-order valence-electron chi connectivity index (χ4n) is 5.47. The van der Waals surface area contributed by atoms with Gasteiger partial charge in [0, 0.05) is 24.2 Å². The van der Waals surface area contributed by atoms with Crippen LogP contribution in [0.15, 0.2) is 41.3 Å². The molecule has 2 aromatic carbocycles. The van der Waals surface area contributed by atoms with Gasteiger partial charge in [-0.3, -0.25) is 9.59 Å². The largest absolute Gasteiger partial charge is 0.338 e. The molecule has 2 aliphatic rings.